The molecule has 4 nitrogen and oxygen atoms in total. The molecule has 4 N–H and O–H groups in total. The van der Waals surface area contributed by atoms with Crippen LogP contribution in [0.5, 0.6) is 0 Å². The normalized spacial score (nSPS) is 21.5. The topological polar surface area (TPSA) is 67.1 Å². The molecule has 1 aromatic carbocycles. The van der Waals surface area contributed by atoms with E-state index in [2.05, 4.69) is 22.8 Å². The molecule has 1 aliphatic carbocycles. The Balaban J connectivity index is 1.86. The van der Waals surface area contributed by atoms with Gasteiger partial charge in [0.15, 0.2) is 0 Å². The molecule has 1 amide bonds. The maximum atomic E-state index is 11.4. The van der Waals surface area contributed by atoms with Crippen molar-refractivity contribution < 1.29 is 4.79 Å². The molecule has 0 radical (unpaired) electrons. The summed E-state index contributed by atoms with van der Waals surface area (Å²) in [5.41, 5.74) is 9.88. The highest BCUT2D eigenvalue weighted by Gasteiger charge is 2.42. The summed E-state index contributed by atoms with van der Waals surface area (Å²) in [6.07, 6.45) is 4.11. The first-order chi connectivity index (χ1) is 9.14. The quantitative estimate of drug-likeness (QED) is 0.769. The summed E-state index contributed by atoms with van der Waals surface area (Å²) < 4.78 is 0. The minimum absolute atomic E-state index is 0.0507. The molecule has 1 saturated carbocycles. The van der Waals surface area contributed by atoms with E-state index in [1.807, 2.05) is 13.1 Å². The molecule has 0 saturated heterocycles. The molecule has 1 heterocycles. The Hall–Kier alpha value is -1.39. The number of fused-ring (bicyclic) bond motifs is 1. The fraction of sp³-hybridized carbons (Fsp3) is 0.533. The molecular weight excluding hydrogens is 238 g/mol. The van der Waals surface area contributed by atoms with Gasteiger partial charge in [-0.3, -0.25) is 4.79 Å². The molecule has 1 atom stereocenters. The van der Waals surface area contributed by atoms with E-state index < -0.39 is 0 Å². The lowest BCUT2D eigenvalue weighted by molar-refractivity contribution is -0.115. The zero-order valence-electron chi connectivity index (χ0n) is 11.3. The Bertz CT molecular complexity index is 508. The van der Waals surface area contributed by atoms with Crippen LogP contribution in [0, 0.1) is 5.41 Å². The average molecular weight is 259 g/mol. The molecule has 1 unspecified atom stereocenters. The van der Waals surface area contributed by atoms with E-state index in [0.29, 0.717) is 6.42 Å². The van der Waals surface area contributed by atoms with Crippen molar-refractivity contribution in [1.82, 2.24) is 5.32 Å². The minimum Gasteiger partial charge on any atom is -0.326 e. The zero-order valence-corrected chi connectivity index (χ0v) is 11.3. The van der Waals surface area contributed by atoms with Gasteiger partial charge in [-0.25, -0.2) is 0 Å². The molecule has 102 valence electrons. The standard InChI is InChI=1S/C15H21N3O/c1-17-9-15(5-2-6-15)14(16)10-3-4-12-11(7-10)8-13(19)18-12/h3-4,7,14,17H,2,5-6,8-9,16H2,1H3,(H,18,19). The number of anilines is 1. The van der Waals surface area contributed by atoms with Crippen LogP contribution in [0.1, 0.15) is 36.4 Å². The van der Waals surface area contributed by atoms with E-state index >= 15 is 0 Å². The van der Waals surface area contributed by atoms with Crippen molar-refractivity contribution in [2.75, 3.05) is 18.9 Å². The van der Waals surface area contributed by atoms with Crippen molar-refractivity contribution in [3.05, 3.63) is 29.3 Å². The molecule has 19 heavy (non-hydrogen) atoms. The summed E-state index contributed by atoms with van der Waals surface area (Å²) >= 11 is 0. The second kappa shape index (κ2) is 4.62. The lowest BCUT2D eigenvalue weighted by Gasteiger charge is -2.46. The van der Waals surface area contributed by atoms with Crippen LogP contribution in [0.25, 0.3) is 0 Å². The van der Waals surface area contributed by atoms with Crippen molar-refractivity contribution in [1.29, 1.82) is 0 Å². The van der Waals surface area contributed by atoms with Gasteiger partial charge in [0.05, 0.1) is 6.42 Å². The number of nitrogens with two attached hydrogens (primary N) is 1. The third-order valence-electron chi connectivity index (χ3n) is 4.65. The predicted molar refractivity (Wildman–Crippen MR) is 75.9 cm³/mol. The first kappa shape index (κ1) is 12.6. The van der Waals surface area contributed by atoms with Crippen LogP contribution in [0.3, 0.4) is 0 Å². The van der Waals surface area contributed by atoms with Crippen molar-refractivity contribution in [3.8, 4) is 0 Å². The Morgan fingerprint density at radius 2 is 2.26 bits per heavy atom. The third kappa shape index (κ3) is 2.05. The molecule has 1 fully saturated rings. The highest BCUT2D eigenvalue weighted by atomic mass is 16.1. The summed E-state index contributed by atoms with van der Waals surface area (Å²) in [5.74, 6) is 0.0781. The summed E-state index contributed by atoms with van der Waals surface area (Å²) in [5, 5.41) is 6.14. The third-order valence-corrected chi connectivity index (χ3v) is 4.65. The van der Waals surface area contributed by atoms with Crippen molar-refractivity contribution >= 4 is 11.6 Å². The van der Waals surface area contributed by atoms with Gasteiger partial charge in [-0.15, -0.1) is 0 Å². The van der Waals surface area contributed by atoms with Crippen LogP contribution in [-0.4, -0.2) is 19.5 Å². The first-order valence-corrected chi connectivity index (χ1v) is 6.97. The minimum atomic E-state index is 0.0507. The predicted octanol–water partition coefficient (Wildman–Crippen LogP) is 1.57. The average Bonchev–Trinajstić information content (AvgIpc) is 2.72. The molecule has 0 bridgehead atoms. The van der Waals surface area contributed by atoms with Crippen LogP contribution in [0.15, 0.2) is 18.2 Å². The first-order valence-electron chi connectivity index (χ1n) is 6.97. The van der Waals surface area contributed by atoms with Gasteiger partial charge in [0.2, 0.25) is 5.91 Å². The van der Waals surface area contributed by atoms with E-state index in [1.165, 1.54) is 19.3 Å². The zero-order chi connectivity index (χ0) is 13.5. The lowest BCUT2D eigenvalue weighted by Crippen LogP contribution is -2.46. The van der Waals surface area contributed by atoms with Crippen LogP contribution in [0.4, 0.5) is 5.69 Å². The van der Waals surface area contributed by atoms with Gasteiger partial charge in [0, 0.05) is 23.7 Å². The summed E-state index contributed by atoms with van der Waals surface area (Å²) in [6, 6.07) is 6.20. The van der Waals surface area contributed by atoms with Crippen molar-refractivity contribution in [2.24, 2.45) is 11.1 Å². The van der Waals surface area contributed by atoms with Gasteiger partial charge >= 0.3 is 0 Å². The van der Waals surface area contributed by atoms with Crippen LogP contribution in [0.2, 0.25) is 0 Å². The maximum Gasteiger partial charge on any atom is 0.228 e. The molecule has 4 heteroatoms. The Morgan fingerprint density at radius 3 is 2.89 bits per heavy atom. The fourth-order valence-electron chi connectivity index (χ4n) is 3.38. The second-order valence-electron chi connectivity index (χ2n) is 5.87. The van der Waals surface area contributed by atoms with E-state index in [1.54, 1.807) is 0 Å². The number of nitrogens with one attached hydrogen (secondary N) is 2. The van der Waals surface area contributed by atoms with Gasteiger partial charge in [0.1, 0.15) is 0 Å². The van der Waals surface area contributed by atoms with Gasteiger partial charge in [-0.05, 0) is 37.1 Å². The molecule has 3 rings (SSSR count). The van der Waals surface area contributed by atoms with Gasteiger partial charge in [0.25, 0.3) is 0 Å². The Kier molecular flexibility index (Phi) is 3.07. The van der Waals surface area contributed by atoms with Crippen LogP contribution in [-0.2, 0) is 11.2 Å². The van der Waals surface area contributed by atoms with Crippen molar-refractivity contribution in [3.63, 3.8) is 0 Å². The Morgan fingerprint density at radius 1 is 1.47 bits per heavy atom. The van der Waals surface area contributed by atoms with E-state index in [-0.39, 0.29) is 17.4 Å². The lowest BCUT2D eigenvalue weighted by atomic mass is 9.62. The number of rotatable bonds is 4. The smallest absolute Gasteiger partial charge is 0.228 e. The SMILES string of the molecule is CNCC1(C(N)c2ccc3c(c2)CC(=O)N3)CCC1. The molecule has 1 aliphatic heterocycles. The largest absolute Gasteiger partial charge is 0.326 e. The monoisotopic (exact) mass is 259 g/mol. The fourth-order valence-corrected chi connectivity index (χ4v) is 3.38. The Labute approximate surface area is 113 Å². The maximum absolute atomic E-state index is 11.4. The molecule has 0 spiro atoms. The number of hydrogen-bond acceptors (Lipinski definition) is 3. The van der Waals surface area contributed by atoms with Gasteiger partial charge in [-0.1, -0.05) is 18.6 Å². The van der Waals surface area contributed by atoms with E-state index in [4.69, 9.17) is 5.73 Å². The summed E-state index contributed by atoms with van der Waals surface area (Å²) in [6.45, 7) is 0.961. The molecule has 2 aliphatic rings. The number of hydrogen-bond donors (Lipinski definition) is 3. The van der Waals surface area contributed by atoms with E-state index in [9.17, 15) is 4.79 Å². The van der Waals surface area contributed by atoms with Gasteiger partial charge in [-0.2, -0.15) is 0 Å². The number of carbonyl (C=O) groups excluding carboxylic acids is 1. The van der Waals surface area contributed by atoms with Gasteiger partial charge < -0.3 is 16.4 Å². The van der Waals surface area contributed by atoms with Crippen LogP contribution >= 0.6 is 0 Å². The molecular formula is C15H21N3O. The second-order valence-corrected chi connectivity index (χ2v) is 5.87. The number of carbonyl (C=O) groups is 1. The number of amides is 1. The molecule has 1 aromatic rings. The molecule has 0 aromatic heterocycles. The van der Waals surface area contributed by atoms with Crippen molar-refractivity contribution in [2.45, 2.75) is 31.7 Å². The number of benzene rings is 1. The van der Waals surface area contributed by atoms with Crippen LogP contribution < -0.4 is 16.4 Å². The summed E-state index contributed by atoms with van der Waals surface area (Å²) in [7, 11) is 1.98. The highest BCUT2D eigenvalue weighted by molar-refractivity contribution is 5.99. The summed E-state index contributed by atoms with van der Waals surface area (Å²) in [4.78, 5) is 11.4. The van der Waals surface area contributed by atoms with E-state index in [0.717, 1.165) is 23.4 Å². The highest BCUT2D eigenvalue weighted by Crippen LogP contribution is 2.49.